The van der Waals surface area contributed by atoms with E-state index in [4.69, 9.17) is 4.74 Å². The number of aryl methyl sites for hydroxylation is 1. The van der Waals surface area contributed by atoms with Gasteiger partial charge in [-0.2, -0.15) is 11.8 Å². The van der Waals surface area contributed by atoms with Crippen molar-refractivity contribution >= 4 is 11.8 Å². The zero-order valence-corrected chi connectivity index (χ0v) is 14.6. The number of nitrogens with one attached hydrogen (secondary N) is 1. The van der Waals surface area contributed by atoms with Crippen molar-refractivity contribution in [1.29, 1.82) is 0 Å². The molecule has 4 nitrogen and oxygen atoms in total. The lowest BCUT2D eigenvalue weighted by atomic mass is 9.88. The third-order valence-corrected chi connectivity index (χ3v) is 6.34. The summed E-state index contributed by atoms with van der Waals surface area (Å²) in [4.78, 5) is 4.65. The van der Waals surface area contributed by atoms with Crippen LogP contribution in [0.25, 0.3) is 0 Å². The maximum Gasteiger partial charge on any atom is 0.125 e. The summed E-state index contributed by atoms with van der Waals surface area (Å²) in [6.45, 7) is 1.79. The predicted octanol–water partition coefficient (Wildman–Crippen LogP) is 3.15. The molecule has 22 heavy (non-hydrogen) atoms. The van der Waals surface area contributed by atoms with Crippen molar-refractivity contribution in [2.75, 3.05) is 19.5 Å². The Labute approximate surface area is 138 Å². The van der Waals surface area contributed by atoms with Crippen LogP contribution >= 0.6 is 11.8 Å². The summed E-state index contributed by atoms with van der Waals surface area (Å²) >= 11 is 2.03. The highest BCUT2D eigenvalue weighted by molar-refractivity contribution is 7.99. The molecule has 0 spiro atoms. The number of aromatic nitrogens is 2. The molecule has 3 atom stereocenters. The molecule has 124 valence electrons. The van der Waals surface area contributed by atoms with Crippen molar-refractivity contribution in [2.45, 2.75) is 55.9 Å². The quantitative estimate of drug-likeness (QED) is 0.903. The Balaban J connectivity index is 1.72. The van der Waals surface area contributed by atoms with Gasteiger partial charge in [0.05, 0.1) is 6.04 Å². The SMILES string of the molecule is CS[C@@H]1CCC[C@@H](N[C@H](c2nccn2C)C2CCOCC2)C1. The molecule has 1 N–H and O–H groups in total. The summed E-state index contributed by atoms with van der Waals surface area (Å²) in [5, 5.41) is 4.80. The van der Waals surface area contributed by atoms with Crippen molar-refractivity contribution < 1.29 is 4.74 Å². The third kappa shape index (κ3) is 3.87. The number of nitrogens with zero attached hydrogens (tertiary/aromatic N) is 2. The lowest BCUT2D eigenvalue weighted by molar-refractivity contribution is 0.0493. The van der Waals surface area contributed by atoms with Crippen molar-refractivity contribution in [3.05, 3.63) is 18.2 Å². The molecule has 1 saturated heterocycles. The van der Waals surface area contributed by atoms with Crippen LogP contribution in [0.1, 0.15) is 50.4 Å². The lowest BCUT2D eigenvalue weighted by Crippen LogP contribution is -2.42. The summed E-state index contributed by atoms with van der Waals surface area (Å²) in [5.74, 6) is 1.84. The van der Waals surface area contributed by atoms with E-state index in [1.807, 2.05) is 18.0 Å². The molecule has 0 unspecified atom stereocenters. The largest absolute Gasteiger partial charge is 0.381 e. The third-order valence-electron chi connectivity index (χ3n) is 5.25. The number of hydrogen-bond acceptors (Lipinski definition) is 4. The van der Waals surface area contributed by atoms with E-state index in [2.05, 4.69) is 34.4 Å². The second kappa shape index (κ2) is 7.84. The minimum absolute atomic E-state index is 0.370. The average molecular weight is 324 g/mol. The Bertz CT molecular complexity index is 459. The number of rotatable bonds is 5. The molecular formula is C17H29N3OS. The maximum atomic E-state index is 5.56. The highest BCUT2D eigenvalue weighted by Gasteiger charge is 2.31. The van der Waals surface area contributed by atoms with Crippen LogP contribution in [0.3, 0.4) is 0 Å². The van der Waals surface area contributed by atoms with Crippen molar-refractivity contribution in [2.24, 2.45) is 13.0 Å². The molecule has 5 heteroatoms. The second-order valence-electron chi connectivity index (χ2n) is 6.71. The molecule has 1 aliphatic heterocycles. The molecule has 0 bridgehead atoms. The Morgan fingerprint density at radius 1 is 1.32 bits per heavy atom. The highest BCUT2D eigenvalue weighted by atomic mass is 32.2. The van der Waals surface area contributed by atoms with Gasteiger partial charge in [0.15, 0.2) is 0 Å². The lowest BCUT2D eigenvalue weighted by Gasteiger charge is -2.36. The molecule has 2 fully saturated rings. The van der Waals surface area contributed by atoms with Gasteiger partial charge in [-0.25, -0.2) is 4.98 Å². The first kappa shape index (κ1) is 16.3. The number of imidazole rings is 1. The van der Waals surface area contributed by atoms with E-state index in [-0.39, 0.29) is 0 Å². The van der Waals surface area contributed by atoms with Crippen molar-refractivity contribution in [3.8, 4) is 0 Å². The van der Waals surface area contributed by atoms with Gasteiger partial charge < -0.3 is 14.6 Å². The van der Waals surface area contributed by atoms with Crippen LogP contribution in [-0.2, 0) is 11.8 Å². The van der Waals surface area contributed by atoms with Crippen LogP contribution < -0.4 is 5.32 Å². The zero-order valence-electron chi connectivity index (χ0n) is 13.8. The van der Waals surface area contributed by atoms with E-state index in [9.17, 15) is 0 Å². The van der Waals surface area contributed by atoms with Crippen molar-refractivity contribution in [1.82, 2.24) is 14.9 Å². The van der Waals surface area contributed by atoms with E-state index < -0.39 is 0 Å². The van der Waals surface area contributed by atoms with Gasteiger partial charge in [-0.15, -0.1) is 0 Å². The second-order valence-corrected chi connectivity index (χ2v) is 7.85. The van der Waals surface area contributed by atoms with Gasteiger partial charge in [0.25, 0.3) is 0 Å². The molecule has 0 amide bonds. The summed E-state index contributed by atoms with van der Waals surface area (Å²) < 4.78 is 7.75. The number of ether oxygens (including phenoxy) is 1. The van der Waals surface area contributed by atoms with Gasteiger partial charge in [0.1, 0.15) is 5.82 Å². The van der Waals surface area contributed by atoms with Crippen LogP contribution in [-0.4, -0.2) is 40.3 Å². The fraction of sp³-hybridized carbons (Fsp3) is 0.824. The fourth-order valence-electron chi connectivity index (χ4n) is 3.91. The van der Waals surface area contributed by atoms with Gasteiger partial charge in [0.2, 0.25) is 0 Å². The van der Waals surface area contributed by atoms with E-state index in [0.29, 0.717) is 18.0 Å². The first-order valence-corrected chi connectivity index (χ1v) is 9.90. The van der Waals surface area contributed by atoms with Gasteiger partial charge in [-0.05, 0) is 44.3 Å². The monoisotopic (exact) mass is 323 g/mol. The van der Waals surface area contributed by atoms with Crippen LogP contribution in [0.4, 0.5) is 0 Å². The highest BCUT2D eigenvalue weighted by Crippen LogP contribution is 2.33. The first-order valence-electron chi connectivity index (χ1n) is 8.61. The first-order chi connectivity index (χ1) is 10.8. The summed E-state index contributed by atoms with van der Waals surface area (Å²) in [6, 6.07) is 1.00. The molecule has 2 heterocycles. The molecule has 0 aromatic carbocycles. The zero-order chi connectivity index (χ0) is 15.4. The molecular weight excluding hydrogens is 294 g/mol. The van der Waals surface area contributed by atoms with Crippen molar-refractivity contribution in [3.63, 3.8) is 0 Å². The predicted molar refractivity (Wildman–Crippen MR) is 92.2 cm³/mol. The molecule has 1 aromatic rings. The fourth-order valence-corrected chi connectivity index (χ4v) is 4.74. The van der Waals surface area contributed by atoms with E-state index >= 15 is 0 Å². The number of thioether (sulfide) groups is 1. The normalized spacial score (nSPS) is 28.6. The van der Waals surface area contributed by atoms with Crippen LogP contribution in [0, 0.1) is 5.92 Å². The smallest absolute Gasteiger partial charge is 0.125 e. The maximum absolute atomic E-state index is 5.56. The minimum atomic E-state index is 0.370. The van der Waals surface area contributed by atoms with Crippen LogP contribution in [0.5, 0.6) is 0 Å². The summed E-state index contributed by atoms with van der Waals surface area (Å²) in [5.41, 5.74) is 0. The van der Waals surface area contributed by atoms with E-state index in [1.165, 1.54) is 31.5 Å². The van der Waals surface area contributed by atoms with Gasteiger partial charge in [-0.1, -0.05) is 6.42 Å². The van der Waals surface area contributed by atoms with Gasteiger partial charge in [-0.3, -0.25) is 0 Å². The van der Waals surface area contributed by atoms with Crippen LogP contribution in [0.15, 0.2) is 12.4 Å². The molecule has 1 aromatic heterocycles. The number of hydrogen-bond donors (Lipinski definition) is 1. The van der Waals surface area contributed by atoms with E-state index in [0.717, 1.165) is 31.3 Å². The molecule has 2 aliphatic rings. The topological polar surface area (TPSA) is 39.1 Å². The Hall–Kier alpha value is -0.520. The molecule has 3 rings (SSSR count). The standard InChI is InChI=1S/C17H29N3OS/c1-20-9-8-18-17(20)16(13-6-10-21-11-7-13)19-14-4-3-5-15(12-14)22-2/h8-9,13-16,19H,3-7,10-12H2,1-2H3/t14-,15-,16+/m1/s1. The van der Waals surface area contributed by atoms with E-state index in [1.54, 1.807) is 0 Å². The Kier molecular flexibility index (Phi) is 5.83. The molecule has 1 saturated carbocycles. The molecule has 0 radical (unpaired) electrons. The van der Waals surface area contributed by atoms with Gasteiger partial charge in [0, 0.05) is 43.9 Å². The Morgan fingerprint density at radius 3 is 2.82 bits per heavy atom. The summed E-state index contributed by atoms with van der Waals surface area (Å²) in [7, 11) is 2.11. The Morgan fingerprint density at radius 2 is 2.14 bits per heavy atom. The summed E-state index contributed by atoms with van der Waals surface area (Å²) in [6.07, 6.45) is 13.9. The minimum Gasteiger partial charge on any atom is -0.381 e. The molecule has 1 aliphatic carbocycles. The average Bonchev–Trinajstić information content (AvgIpc) is 2.99. The van der Waals surface area contributed by atoms with Gasteiger partial charge >= 0.3 is 0 Å². The van der Waals surface area contributed by atoms with Crippen LogP contribution in [0.2, 0.25) is 0 Å².